The van der Waals surface area contributed by atoms with Crippen molar-refractivity contribution in [2.75, 3.05) is 27.2 Å². The number of nitrogens with one attached hydrogen (secondary N) is 1. The van der Waals surface area contributed by atoms with Gasteiger partial charge in [-0.3, -0.25) is 0 Å². The molecular weight excluding hydrogens is 286 g/mol. The van der Waals surface area contributed by atoms with E-state index in [0.717, 1.165) is 35.5 Å². The highest BCUT2D eigenvalue weighted by Crippen LogP contribution is 2.26. The predicted molar refractivity (Wildman–Crippen MR) is 95.0 cm³/mol. The predicted octanol–water partition coefficient (Wildman–Crippen LogP) is 3.73. The number of nitrogens with zero attached hydrogens (tertiary/aromatic N) is 2. The minimum atomic E-state index is 0.697. The maximum absolute atomic E-state index is 5.74. The summed E-state index contributed by atoms with van der Waals surface area (Å²) >= 11 is 0. The summed E-state index contributed by atoms with van der Waals surface area (Å²) in [6, 6.07) is 10.4. The zero-order valence-corrected chi connectivity index (χ0v) is 14.0. The molecule has 2 heterocycles. The Morgan fingerprint density at radius 3 is 2.61 bits per heavy atom. The van der Waals surface area contributed by atoms with Crippen molar-refractivity contribution in [1.82, 2.24) is 14.9 Å². The van der Waals surface area contributed by atoms with Crippen LogP contribution >= 0.6 is 0 Å². The molecule has 0 atom stereocenters. The van der Waals surface area contributed by atoms with Gasteiger partial charge in [-0.15, -0.1) is 0 Å². The average Bonchev–Trinajstić information content (AvgIpc) is 2.97. The van der Waals surface area contributed by atoms with Crippen LogP contribution in [0.15, 0.2) is 42.7 Å². The Hall–Kier alpha value is -2.33. The lowest BCUT2D eigenvalue weighted by Crippen LogP contribution is -2.19. The number of hydrogen-bond donors (Lipinski definition) is 1. The molecule has 1 aromatic carbocycles. The van der Waals surface area contributed by atoms with Crippen molar-refractivity contribution in [2.24, 2.45) is 0 Å². The van der Waals surface area contributed by atoms with Crippen LogP contribution in [0.3, 0.4) is 0 Å². The van der Waals surface area contributed by atoms with Crippen LogP contribution in [0, 0.1) is 0 Å². The van der Waals surface area contributed by atoms with Gasteiger partial charge in [-0.2, -0.15) is 0 Å². The number of benzene rings is 1. The van der Waals surface area contributed by atoms with E-state index < -0.39 is 0 Å². The third-order valence-corrected chi connectivity index (χ3v) is 3.99. The van der Waals surface area contributed by atoms with Crippen LogP contribution < -0.4 is 4.74 Å². The van der Waals surface area contributed by atoms with Gasteiger partial charge in [-0.1, -0.05) is 19.1 Å². The summed E-state index contributed by atoms with van der Waals surface area (Å²) < 4.78 is 5.74. The molecule has 1 N–H and O–H groups in total. The van der Waals surface area contributed by atoms with Crippen LogP contribution in [-0.4, -0.2) is 42.1 Å². The lowest BCUT2D eigenvalue weighted by molar-refractivity contribution is 0.261. The first kappa shape index (κ1) is 15.6. The Labute approximate surface area is 137 Å². The molecule has 0 spiro atoms. The number of aromatic amines is 1. The lowest BCUT2D eigenvalue weighted by Gasteiger charge is -2.11. The Bertz CT molecular complexity index is 775. The fraction of sp³-hybridized carbons (Fsp3) is 0.316. The van der Waals surface area contributed by atoms with Gasteiger partial charge in [0.25, 0.3) is 0 Å². The molecule has 0 saturated carbocycles. The van der Waals surface area contributed by atoms with E-state index in [1.807, 2.05) is 38.6 Å². The summed E-state index contributed by atoms with van der Waals surface area (Å²) in [5, 5.41) is 1.20. The maximum atomic E-state index is 5.74. The van der Waals surface area contributed by atoms with Crippen molar-refractivity contribution >= 4 is 11.0 Å². The summed E-state index contributed by atoms with van der Waals surface area (Å²) in [6.45, 7) is 3.77. The van der Waals surface area contributed by atoms with E-state index in [9.17, 15) is 0 Å². The molecule has 0 amide bonds. The number of hydrogen-bond acceptors (Lipinski definition) is 3. The van der Waals surface area contributed by atoms with Crippen LogP contribution in [0.2, 0.25) is 0 Å². The number of fused-ring (bicyclic) bond motifs is 1. The van der Waals surface area contributed by atoms with Crippen molar-refractivity contribution in [3.8, 4) is 16.9 Å². The first-order valence-electron chi connectivity index (χ1n) is 8.01. The van der Waals surface area contributed by atoms with Gasteiger partial charge in [0, 0.05) is 29.9 Å². The summed E-state index contributed by atoms with van der Waals surface area (Å²) in [5.74, 6) is 0.903. The quantitative estimate of drug-likeness (QED) is 0.754. The molecule has 3 aromatic rings. The van der Waals surface area contributed by atoms with Gasteiger partial charge in [0.05, 0.1) is 0 Å². The second-order valence-corrected chi connectivity index (χ2v) is 5.96. The number of pyridine rings is 1. The van der Waals surface area contributed by atoms with E-state index >= 15 is 0 Å². The summed E-state index contributed by atoms with van der Waals surface area (Å²) in [4.78, 5) is 9.86. The number of aryl methyl sites for hydroxylation is 1. The molecule has 0 radical (unpaired) electrons. The van der Waals surface area contributed by atoms with E-state index in [1.54, 1.807) is 0 Å². The molecule has 0 aliphatic rings. The molecule has 2 aromatic heterocycles. The highest BCUT2D eigenvalue weighted by molar-refractivity contribution is 5.84. The van der Waals surface area contributed by atoms with Gasteiger partial charge in [0.15, 0.2) is 0 Å². The zero-order valence-electron chi connectivity index (χ0n) is 14.0. The SMILES string of the molecule is CCc1c[nH]c2ncc(-c3ccc(OCCN(C)C)cc3)cc12. The number of ether oxygens (including phenoxy) is 1. The van der Waals surface area contributed by atoms with Gasteiger partial charge in [-0.05, 0) is 49.8 Å². The number of aromatic nitrogens is 2. The molecule has 0 fully saturated rings. The maximum Gasteiger partial charge on any atom is 0.137 e. The third-order valence-electron chi connectivity index (χ3n) is 3.99. The first-order chi connectivity index (χ1) is 11.2. The van der Waals surface area contributed by atoms with E-state index in [1.165, 1.54) is 10.9 Å². The van der Waals surface area contributed by atoms with Crippen LogP contribution in [0.4, 0.5) is 0 Å². The van der Waals surface area contributed by atoms with Crippen molar-refractivity contribution in [1.29, 1.82) is 0 Å². The normalized spacial score (nSPS) is 11.3. The topological polar surface area (TPSA) is 41.1 Å². The standard InChI is InChI=1S/C19H23N3O/c1-4-14-12-20-19-18(14)11-16(13-21-19)15-5-7-17(8-6-15)23-10-9-22(2)3/h5-8,11-13H,4,9-10H2,1-3H3,(H,20,21). The van der Waals surface area contributed by atoms with Crippen LogP contribution in [-0.2, 0) is 6.42 Å². The number of H-pyrrole nitrogens is 1. The Morgan fingerprint density at radius 1 is 1.13 bits per heavy atom. The Morgan fingerprint density at radius 2 is 1.91 bits per heavy atom. The average molecular weight is 309 g/mol. The highest BCUT2D eigenvalue weighted by Gasteiger charge is 2.06. The molecule has 120 valence electrons. The van der Waals surface area contributed by atoms with E-state index in [4.69, 9.17) is 4.74 Å². The second kappa shape index (κ2) is 6.84. The van der Waals surface area contributed by atoms with Crippen LogP contribution in [0.25, 0.3) is 22.2 Å². The van der Waals surface area contributed by atoms with Crippen molar-refractivity contribution in [3.05, 3.63) is 48.3 Å². The monoisotopic (exact) mass is 309 g/mol. The number of likely N-dealkylation sites (N-methyl/N-ethyl adjacent to an activating group) is 1. The van der Waals surface area contributed by atoms with Crippen LogP contribution in [0.1, 0.15) is 12.5 Å². The largest absolute Gasteiger partial charge is 0.492 e. The van der Waals surface area contributed by atoms with Gasteiger partial charge in [-0.25, -0.2) is 4.98 Å². The van der Waals surface area contributed by atoms with Crippen LogP contribution in [0.5, 0.6) is 5.75 Å². The molecule has 0 bridgehead atoms. The third kappa shape index (κ3) is 3.54. The second-order valence-electron chi connectivity index (χ2n) is 5.96. The minimum absolute atomic E-state index is 0.697. The molecular formula is C19H23N3O. The summed E-state index contributed by atoms with van der Waals surface area (Å²) in [7, 11) is 4.09. The Kier molecular flexibility index (Phi) is 4.63. The minimum Gasteiger partial charge on any atom is -0.492 e. The Balaban J connectivity index is 1.78. The zero-order chi connectivity index (χ0) is 16.2. The highest BCUT2D eigenvalue weighted by atomic mass is 16.5. The lowest BCUT2D eigenvalue weighted by atomic mass is 10.0. The van der Waals surface area contributed by atoms with Gasteiger partial charge in [0.2, 0.25) is 0 Å². The van der Waals surface area contributed by atoms with E-state index in [0.29, 0.717) is 6.61 Å². The molecule has 0 aliphatic heterocycles. The van der Waals surface area contributed by atoms with Gasteiger partial charge < -0.3 is 14.6 Å². The molecule has 23 heavy (non-hydrogen) atoms. The molecule has 4 heteroatoms. The van der Waals surface area contributed by atoms with E-state index in [-0.39, 0.29) is 0 Å². The van der Waals surface area contributed by atoms with Crippen molar-refractivity contribution in [2.45, 2.75) is 13.3 Å². The van der Waals surface area contributed by atoms with Gasteiger partial charge in [0.1, 0.15) is 18.0 Å². The smallest absolute Gasteiger partial charge is 0.137 e. The molecule has 0 unspecified atom stereocenters. The van der Waals surface area contributed by atoms with Crippen molar-refractivity contribution in [3.63, 3.8) is 0 Å². The molecule has 3 rings (SSSR count). The molecule has 0 aliphatic carbocycles. The first-order valence-corrected chi connectivity index (χ1v) is 8.01. The molecule has 0 saturated heterocycles. The number of rotatable bonds is 6. The molecule has 4 nitrogen and oxygen atoms in total. The summed E-state index contributed by atoms with van der Waals surface area (Å²) in [6.07, 6.45) is 4.97. The van der Waals surface area contributed by atoms with Gasteiger partial charge >= 0.3 is 0 Å². The fourth-order valence-electron chi connectivity index (χ4n) is 2.60. The van der Waals surface area contributed by atoms with E-state index in [2.05, 4.69) is 40.0 Å². The van der Waals surface area contributed by atoms with Crippen molar-refractivity contribution < 1.29 is 4.74 Å². The fourth-order valence-corrected chi connectivity index (χ4v) is 2.60. The summed E-state index contributed by atoms with van der Waals surface area (Å²) in [5.41, 5.74) is 4.54.